The van der Waals surface area contributed by atoms with Crippen LogP contribution in [0.25, 0.3) is 0 Å². The maximum atomic E-state index is 12.4. The first-order chi connectivity index (χ1) is 15.2. The van der Waals surface area contributed by atoms with Crippen molar-refractivity contribution in [3.63, 3.8) is 0 Å². The first kappa shape index (κ1) is 24.5. The Hall–Kier alpha value is -2.75. The monoisotopic (exact) mass is 424 g/mol. The Morgan fingerprint density at radius 3 is 1.87 bits per heavy atom. The number of benzene rings is 2. The van der Waals surface area contributed by atoms with Gasteiger partial charge in [-0.25, -0.2) is 4.79 Å². The van der Waals surface area contributed by atoms with E-state index in [0.717, 1.165) is 37.2 Å². The highest BCUT2D eigenvalue weighted by Gasteiger charge is 2.09. The lowest BCUT2D eigenvalue weighted by molar-refractivity contribution is 0.0734. The van der Waals surface area contributed by atoms with E-state index >= 15 is 0 Å². The van der Waals surface area contributed by atoms with Crippen LogP contribution in [-0.2, 0) is 0 Å². The predicted octanol–water partition coefficient (Wildman–Crippen LogP) is 7.38. The number of carbonyl (C=O) groups excluding carboxylic acids is 1. The third-order valence-electron chi connectivity index (χ3n) is 4.96. The number of rotatable bonds is 16. The number of ether oxygens (including phenoxy) is 3. The molecule has 2 aromatic rings. The number of esters is 1. The lowest BCUT2D eigenvalue weighted by atomic mass is 10.1. The molecule has 0 aliphatic rings. The molecule has 0 aromatic heterocycles. The summed E-state index contributed by atoms with van der Waals surface area (Å²) in [6.45, 7) is 7.31. The number of hydrogen-bond donors (Lipinski definition) is 0. The second-order valence-corrected chi connectivity index (χ2v) is 7.63. The maximum absolute atomic E-state index is 12.4. The van der Waals surface area contributed by atoms with E-state index in [1.54, 1.807) is 24.3 Å². The average molecular weight is 425 g/mol. The quantitative estimate of drug-likeness (QED) is 0.122. The van der Waals surface area contributed by atoms with Crippen LogP contribution >= 0.6 is 0 Å². The molecule has 0 heterocycles. The second-order valence-electron chi connectivity index (χ2n) is 7.63. The molecule has 0 spiro atoms. The van der Waals surface area contributed by atoms with Crippen LogP contribution in [-0.4, -0.2) is 19.2 Å². The van der Waals surface area contributed by atoms with Gasteiger partial charge in [-0.1, -0.05) is 45.1 Å². The minimum Gasteiger partial charge on any atom is -0.494 e. The van der Waals surface area contributed by atoms with Crippen molar-refractivity contribution in [1.82, 2.24) is 0 Å². The zero-order valence-corrected chi connectivity index (χ0v) is 18.8. The minimum atomic E-state index is -0.386. The highest BCUT2D eigenvalue weighted by Crippen LogP contribution is 2.20. The normalized spacial score (nSPS) is 10.5. The van der Waals surface area contributed by atoms with Crippen LogP contribution in [0.1, 0.15) is 75.1 Å². The molecule has 0 atom stereocenters. The molecule has 168 valence electrons. The molecule has 0 fully saturated rings. The highest BCUT2D eigenvalue weighted by molar-refractivity contribution is 5.91. The van der Waals surface area contributed by atoms with E-state index in [1.165, 1.54) is 32.1 Å². The lowest BCUT2D eigenvalue weighted by Crippen LogP contribution is -2.08. The molecular formula is C27H36O4. The van der Waals surface area contributed by atoms with E-state index in [9.17, 15) is 4.79 Å². The fourth-order valence-electron chi connectivity index (χ4n) is 3.11. The molecule has 0 bridgehead atoms. The molecular weight excluding hydrogens is 388 g/mol. The fraction of sp³-hybridized carbons (Fsp3) is 0.444. The van der Waals surface area contributed by atoms with Crippen molar-refractivity contribution in [3.8, 4) is 17.2 Å². The van der Waals surface area contributed by atoms with Crippen molar-refractivity contribution in [3.05, 3.63) is 66.7 Å². The van der Waals surface area contributed by atoms with Crippen LogP contribution in [0.15, 0.2) is 61.2 Å². The first-order valence-corrected chi connectivity index (χ1v) is 11.5. The number of allylic oxidation sites excluding steroid dienone is 1. The van der Waals surface area contributed by atoms with Crippen LogP contribution in [0, 0.1) is 0 Å². The molecule has 0 aliphatic carbocycles. The summed E-state index contributed by atoms with van der Waals surface area (Å²) in [5.41, 5.74) is 0.495. The third-order valence-corrected chi connectivity index (χ3v) is 4.96. The van der Waals surface area contributed by atoms with Crippen LogP contribution in [0.4, 0.5) is 0 Å². The summed E-state index contributed by atoms with van der Waals surface area (Å²) in [6, 6.07) is 14.2. The van der Waals surface area contributed by atoms with Gasteiger partial charge in [0, 0.05) is 0 Å². The Morgan fingerprint density at radius 2 is 1.26 bits per heavy atom. The Bertz CT molecular complexity index is 750. The molecule has 31 heavy (non-hydrogen) atoms. The molecule has 0 saturated carbocycles. The van der Waals surface area contributed by atoms with E-state index in [-0.39, 0.29) is 5.97 Å². The summed E-state index contributed by atoms with van der Waals surface area (Å²) in [6.07, 6.45) is 12.4. The van der Waals surface area contributed by atoms with Gasteiger partial charge in [-0.15, -0.1) is 6.58 Å². The van der Waals surface area contributed by atoms with Gasteiger partial charge in [0.05, 0.1) is 18.8 Å². The highest BCUT2D eigenvalue weighted by atomic mass is 16.5. The predicted molar refractivity (Wildman–Crippen MR) is 126 cm³/mol. The first-order valence-electron chi connectivity index (χ1n) is 11.5. The fourth-order valence-corrected chi connectivity index (χ4v) is 3.11. The van der Waals surface area contributed by atoms with E-state index in [2.05, 4.69) is 13.5 Å². The van der Waals surface area contributed by atoms with Crippen LogP contribution in [0.2, 0.25) is 0 Å². The Balaban J connectivity index is 1.68. The molecule has 2 rings (SSSR count). The average Bonchev–Trinajstić information content (AvgIpc) is 2.80. The zero-order valence-electron chi connectivity index (χ0n) is 18.8. The Kier molecular flexibility index (Phi) is 12.0. The number of carbonyl (C=O) groups is 1. The molecule has 4 heteroatoms. The van der Waals surface area contributed by atoms with Gasteiger partial charge in [0.2, 0.25) is 0 Å². The molecule has 2 aromatic carbocycles. The largest absolute Gasteiger partial charge is 0.494 e. The summed E-state index contributed by atoms with van der Waals surface area (Å²) in [5, 5.41) is 0. The van der Waals surface area contributed by atoms with Gasteiger partial charge in [0.15, 0.2) is 0 Å². The Morgan fingerprint density at radius 1 is 0.742 bits per heavy atom. The summed E-state index contributed by atoms with van der Waals surface area (Å²) in [7, 11) is 0. The molecule has 0 aliphatic heterocycles. The van der Waals surface area contributed by atoms with Gasteiger partial charge in [-0.2, -0.15) is 0 Å². The maximum Gasteiger partial charge on any atom is 0.343 e. The lowest BCUT2D eigenvalue weighted by Gasteiger charge is -2.09. The van der Waals surface area contributed by atoms with E-state index in [0.29, 0.717) is 24.5 Å². The number of unbranched alkanes of at least 4 members (excludes halogenated alkanes) is 7. The van der Waals surface area contributed by atoms with Gasteiger partial charge in [0.25, 0.3) is 0 Å². The van der Waals surface area contributed by atoms with Gasteiger partial charge >= 0.3 is 5.97 Å². The van der Waals surface area contributed by atoms with Crippen molar-refractivity contribution in [2.75, 3.05) is 13.2 Å². The van der Waals surface area contributed by atoms with E-state index in [4.69, 9.17) is 14.2 Å². The topological polar surface area (TPSA) is 44.8 Å². The minimum absolute atomic E-state index is 0.386. The summed E-state index contributed by atoms with van der Waals surface area (Å²) >= 11 is 0. The molecule has 0 radical (unpaired) electrons. The third kappa shape index (κ3) is 10.2. The summed E-state index contributed by atoms with van der Waals surface area (Å²) in [4.78, 5) is 12.4. The molecule has 0 unspecified atom stereocenters. The standard InChI is InChI=1S/C27H36O4/c1-3-5-7-8-9-10-12-22-30-24-15-13-23(14-16-24)27(28)31-26-19-17-25(18-20-26)29-21-11-6-4-2/h3,13-20H,1,4-12,21-22H2,2H3. The van der Waals surface area contributed by atoms with Crippen molar-refractivity contribution >= 4 is 5.97 Å². The molecule has 0 saturated heterocycles. The van der Waals surface area contributed by atoms with Crippen LogP contribution < -0.4 is 14.2 Å². The van der Waals surface area contributed by atoms with Crippen molar-refractivity contribution in [2.24, 2.45) is 0 Å². The molecule has 4 nitrogen and oxygen atoms in total. The summed E-state index contributed by atoms with van der Waals surface area (Å²) < 4.78 is 16.9. The van der Waals surface area contributed by atoms with Gasteiger partial charge in [0.1, 0.15) is 17.2 Å². The van der Waals surface area contributed by atoms with Crippen LogP contribution in [0.3, 0.4) is 0 Å². The van der Waals surface area contributed by atoms with Crippen molar-refractivity contribution < 1.29 is 19.0 Å². The zero-order chi connectivity index (χ0) is 22.2. The van der Waals surface area contributed by atoms with Gasteiger partial charge in [-0.05, 0) is 74.2 Å². The van der Waals surface area contributed by atoms with Gasteiger partial charge < -0.3 is 14.2 Å². The Labute approximate surface area is 187 Å². The van der Waals surface area contributed by atoms with Crippen molar-refractivity contribution in [1.29, 1.82) is 0 Å². The van der Waals surface area contributed by atoms with Crippen LogP contribution in [0.5, 0.6) is 17.2 Å². The SMILES string of the molecule is C=CCCCCCCCOc1ccc(C(=O)Oc2ccc(OCCCCC)cc2)cc1. The number of hydrogen-bond acceptors (Lipinski definition) is 4. The smallest absolute Gasteiger partial charge is 0.343 e. The molecule has 0 N–H and O–H groups in total. The van der Waals surface area contributed by atoms with Crippen molar-refractivity contribution in [2.45, 2.75) is 64.7 Å². The van der Waals surface area contributed by atoms with E-state index in [1.807, 2.05) is 30.3 Å². The summed E-state index contributed by atoms with van der Waals surface area (Å²) in [5.74, 6) is 1.67. The second kappa shape index (κ2) is 15.1. The van der Waals surface area contributed by atoms with E-state index < -0.39 is 0 Å². The molecule has 0 amide bonds. The van der Waals surface area contributed by atoms with Gasteiger partial charge in [-0.3, -0.25) is 0 Å².